The number of benzene rings is 5. The van der Waals surface area contributed by atoms with E-state index in [2.05, 4.69) is 147 Å². The van der Waals surface area contributed by atoms with Gasteiger partial charge in [-0.15, -0.1) is 0 Å². The molecule has 0 spiro atoms. The van der Waals surface area contributed by atoms with Crippen molar-refractivity contribution in [2.45, 2.75) is 25.9 Å². The second-order valence-electron chi connectivity index (χ2n) is 10.5. The molecule has 3 heteroatoms. The van der Waals surface area contributed by atoms with Crippen molar-refractivity contribution < 1.29 is 17.0 Å². The van der Waals surface area contributed by atoms with Crippen LogP contribution in [-0.4, -0.2) is 4.98 Å². The molecule has 6 rings (SSSR count). The first kappa shape index (κ1) is 28.0. The van der Waals surface area contributed by atoms with Gasteiger partial charge in [-0.2, -0.15) is 0 Å². The molecule has 0 aliphatic carbocycles. The van der Waals surface area contributed by atoms with Crippen molar-refractivity contribution >= 4 is 34.1 Å². The maximum atomic E-state index is 4.81. The second kappa shape index (κ2) is 12.3. The van der Waals surface area contributed by atoms with Crippen molar-refractivity contribution in [1.82, 2.24) is 4.98 Å². The standard InChI is InChI=1S/C37H33NP.BrH/c1-28(2)32-25-31-16-13-23-38-37(31)36(26-32)30-15-12-14-29(24-30)27-39(33-17-6-3-7-18-33,34-19-8-4-9-20-34)35-21-10-5-11-22-35;/h3-26,28H,27H2,1-2H3;1H/q+1;/p-1. The molecule has 1 nitrogen and oxygen atoms in total. The van der Waals surface area contributed by atoms with Gasteiger partial charge in [0.1, 0.15) is 23.2 Å². The van der Waals surface area contributed by atoms with Crippen molar-refractivity contribution in [3.05, 3.63) is 157 Å². The number of pyridine rings is 1. The first-order chi connectivity index (χ1) is 19.1. The Bertz CT molecular complexity index is 1600. The number of aromatic nitrogens is 1. The zero-order valence-corrected chi connectivity index (χ0v) is 25.4. The monoisotopic (exact) mass is 601 g/mol. The van der Waals surface area contributed by atoms with Gasteiger partial charge in [-0.3, -0.25) is 4.98 Å². The Balaban J connectivity index is 0.00000323. The Morgan fingerprint density at radius 3 is 1.73 bits per heavy atom. The van der Waals surface area contributed by atoms with Crippen molar-refractivity contribution in [3.8, 4) is 11.1 Å². The van der Waals surface area contributed by atoms with Crippen molar-refractivity contribution in [2.75, 3.05) is 0 Å². The second-order valence-corrected chi connectivity index (χ2v) is 14.0. The van der Waals surface area contributed by atoms with Gasteiger partial charge in [0.15, 0.2) is 0 Å². The minimum atomic E-state index is -1.98. The third kappa shape index (κ3) is 5.39. The first-order valence-electron chi connectivity index (χ1n) is 13.7. The molecule has 0 N–H and O–H groups in total. The van der Waals surface area contributed by atoms with Gasteiger partial charge in [0.05, 0.1) is 11.7 Å². The maximum Gasteiger partial charge on any atom is 0.116 e. The van der Waals surface area contributed by atoms with Crippen LogP contribution in [0.25, 0.3) is 22.0 Å². The Labute approximate surface area is 249 Å². The summed E-state index contributed by atoms with van der Waals surface area (Å²) in [7, 11) is -1.98. The highest BCUT2D eigenvalue weighted by Gasteiger charge is 2.45. The SMILES string of the molecule is CC(C)c1cc(-c2cccc(C[P+](c3ccccc3)(c3ccccc3)c3ccccc3)c2)c2ncccc2c1.[Br-]. The lowest BCUT2D eigenvalue weighted by Crippen LogP contribution is -3.00. The van der Waals surface area contributed by atoms with Crippen LogP contribution in [0, 0.1) is 0 Å². The highest BCUT2D eigenvalue weighted by atomic mass is 79.9. The van der Waals surface area contributed by atoms with Crippen LogP contribution < -0.4 is 32.9 Å². The van der Waals surface area contributed by atoms with Crippen LogP contribution in [0.1, 0.15) is 30.9 Å². The molecule has 0 bridgehead atoms. The Morgan fingerprint density at radius 1 is 0.600 bits per heavy atom. The number of fused-ring (bicyclic) bond motifs is 1. The van der Waals surface area contributed by atoms with E-state index in [0.29, 0.717) is 5.92 Å². The van der Waals surface area contributed by atoms with Crippen LogP contribution in [-0.2, 0) is 6.16 Å². The maximum absolute atomic E-state index is 4.81. The summed E-state index contributed by atoms with van der Waals surface area (Å²) in [5.74, 6) is 0.448. The molecule has 0 unspecified atom stereocenters. The third-order valence-corrected chi connectivity index (χ3v) is 12.0. The summed E-state index contributed by atoms with van der Waals surface area (Å²) in [6.07, 6.45) is 2.86. The predicted molar refractivity (Wildman–Crippen MR) is 170 cm³/mol. The van der Waals surface area contributed by atoms with E-state index < -0.39 is 7.26 Å². The third-order valence-electron chi connectivity index (χ3n) is 7.64. The number of rotatable bonds is 7. The lowest BCUT2D eigenvalue weighted by Gasteiger charge is -2.28. The molecule has 0 fully saturated rings. The van der Waals surface area contributed by atoms with Crippen LogP contribution >= 0.6 is 7.26 Å². The van der Waals surface area contributed by atoms with E-state index in [1.165, 1.54) is 43.6 Å². The molecule has 1 heterocycles. The molecule has 0 atom stereocenters. The average Bonchev–Trinajstić information content (AvgIpc) is 3.01. The average molecular weight is 603 g/mol. The van der Waals surface area contributed by atoms with Gasteiger partial charge in [-0.1, -0.05) is 92.7 Å². The van der Waals surface area contributed by atoms with E-state index >= 15 is 0 Å². The van der Waals surface area contributed by atoms with Crippen molar-refractivity contribution in [1.29, 1.82) is 0 Å². The Kier molecular flexibility index (Phi) is 8.60. The minimum Gasteiger partial charge on any atom is -1.00 e. The molecule has 0 amide bonds. The molecule has 40 heavy (non-hydrogen) atoms. The molecular weight excluding hydrogens is 569 g/mol. The van der Waals surface area contributed by atoms with E-state index in [1.54, 1.807) is 0 Å². The number of nitrogens with zero attached hydrogens (tertiary/aromatic N) is 1. The van der Waals surface area contributed by atoms with Crippen LogP contribution in [0.4, 0.5) is 0 Å². The minimum absolute atomic E-state index is 0. The molecule has 1 aromatic heterocycles. The fourth-order valence-corrected chi connectivity index (χ4v) is 9.88. The van der Waals surface area contributed by atoms with Crippen LogP contribution in [0.2, 0.25) is 0 Å². The predicted octanol–water partition coefficient (Wildman–Crippen LogP) is 5.52. The summed E-state index contributed by atoms with van der Waals surface area (Å²) >= 11 is 0. The molecule has 5 aromatic carbocycles. The highest BCUT2D eigenvalue weighted by molar-refractivity contribution is 7.95. The van der Waals surface area contributed by atoms with Crippen LogP contribution in [0.3, 0.4) is 0 Å². The molecular formula is C37H33BrNP. The molecule has 0 saturated heterocycles. The molecule has 0 radical (unpaired) electrons. The van der Waals surface area contributed by atoms with E-state index in [1.807, 2.05) is 12.3 Å². The van der Waals surface area contributed by atoms with E-state index in [-0.39, 0.29) is 17.0 Å². The number of halogens is 1. The summed E-state index contributed by atoms with van der Waals surface area (Å²) in [5, 5.41) is 5.41. The number of hydrogen-bond acceptors (Lipinski definition) is 1. The van der Waals surface area contributed by atoms with Crippen molar-refractivity contribution in [3.63, 3.8) is 0 Å². The van der Waals surface area contributed by atoms with Gasteiger partial charge in [0, 0.05) is 17.1 Å². The normalized spacial score (nSPS) is 11.4. The fraction of sp³-hybridized carbons (Fsp3) is 0.108. The van der Waals surface area contributed by atoms with Gasteiger partial charge >= 0.3 is 0 Å². The zero-order valence-electron chi connectivity index (χ0n) is 22.9. The van der Waals surface area contributed by atoms with Gasteiger partial charge in [-0.25, -0.2) is 0 Å². The fourth-order valence-electron chi connectivity index (χ4n) is 5.65. The summed E-state index contributed by atoms with van der Waals surface area (Å²) in [6, 6.07) is 51.4. The van der Waals surface area contributed by atoms with E-state index in [4.69, 9.17) is 4.98 Å². The topological polar surface area (TPSA) is 12.9 Å². The van der Waals surface area contributed by atoms with E-state index in [0.717, 1.165) is 11.7 Å². The Hall–Kier alpha value is -3.58. The highest BCUT2D eigenvalue weighted by Crippen LogP contribution is 2.58. The number of hydrogen-bond donors (Lipinski definition) is 0. The summed E-state index contributed by atoms with van der Waals surface area (Å²) in [6.45, 7) is 4.52. The van der Waals surface area contributed by atoms with Gasteiger partial charge in [0.25, 0.3) is 0 Å². The van der Waals surface area contributed by atoms with Gasteiger partial charge < -0.3 is 17.0 Å². The smallest absolute Gasteiger partial charge is 0.116 e. The van der Waals surface area contributed by atoms with Crippen LogP contribution in [0.5, 0.6) is 0 Å². The summed E-state index contributed by atoms with van der Waals surface area (Å²) in [4.78, 5) is 4.81. The zero-order chi connectivity index (χ0) is 26.7. The Morgan fingerprint density at radius 2 is 1.18 bits per heavy atom. The molecule has 0 aliphatic heterocycles. The first-order valence-corrected chi connectivity index (χ1v) is 15.7. The summed E-state index contributed by atoms with van der Waals surface area (Å²) in [5.41, 5.74) is 6.19. The summed E-state index contributed by atoms with van der Waals surface area (Å²) < 4.78 is 0. The lowest BCUT2D eigenvalue weighted by molar-refractivity contribution is -0.00000771. The largest absolute Gasteiger partial charge is 1.00 e. The lowest BCUT2D eigenvalue weighted by atomic mass is 9.93. The molecule has 0 saturated carbocycles. The molecule has 6 aromatic rings. The quantitative estimate of drug-likeness (QED) is 0.219. The van der Waals surface area contributed by atoms with Gasteiger partial charge in [0.2, 0.25) is 0 Å². The van der Waals surface area contributed by atoms with E-state index in [9.17, 15) is 0 Å². The molecule has 198 valence electrons. The van der Waals surface area contributed by atoms with Gasteiger partial charge in [-0.05, 0) is 83.3 Å². The molecule has 0 aliphatic rings. The van der Waals surface area contributed by atoms with Crippen LogP contribution in [0.15, 0.2) is 146 Å². The van der Waals surface area contributed by atoms with Crippen molar-refractivity contribution in [2.24, 2.45) is 0 Å².